The Morgan fingerprint density at radius 3 is 3.08 bits per heavy atom. The molecule has 1 saturated heterocycles. The molecule has 1 N–H and O–H groups in total. The number of aryl methyl sites for hydroxylation is 1. The SMILES string of the molecule is C=CCNC(=O)C1CCCN(C(=O)c2sc(-c3cccnc3)nc2C)C1. The number of hydrogen-bond donors (Lipinski definition) is 1. The lowest BCUT2D eigenvalue weighted by atomic mass is 9.97. The van der Waals surface area contributed by atoms with Gasteiger partial charge in [-0.25, -0.2) is 4.98 Å². The van der Waals surface area contributed by atoms with Crippen molar-refractivity contribution in [1.29, 1.82) is 0 Å². The Morgan fingerprint density at radius 2 is 2.35 bits per heavy atom. The molecule has 26 heavy (non-hydrogen) atoms. The maximum absolute atomic E-state index is 13.0. The van der Waals surface area contributed by atoms with Crippen LogP contribution in [0, 0.1) is 12.8 Å². The van der Waals surface area contributed by atoms with E-state index in [1.807, 2.05) is 19.1 Å². The molecule has 0 spiro atoms. The van der Waals surface area contributed by atoms with Crippen molar-refractivity contribution in [3.8, 4) is 10.6 Å². The maximum atomic E-state index is 13.0. The summed E-state index contributed by atoms with van der Waals surface area (Å²) in [6.45, 7) is 7.02. The van der Waals surface area contributed by atoms with Crippen LogP contribution in [0.25, 0.3) is 10.6 Å². The van der Waals surface area contributed by atoms with E-state index in [0.29, 0.717) is 24.5 Å². The van der Waals surface area contributed by atoms with Crippen LogP contribution in [0.4, 0.5) is 0 Å². The quantitative estimate of drug-likeness (QED) is 0.821. The Labute approximate surface area is 157 Å². The van der Waals surface area contributed by atoms with Gasteiger partial charge in [-0.1, -0.05) is 6.08 Å². The Kier molecular flexibility index (Phi) is 5.78. The predicted octanol–water partition coefficient (Wildman–Crippen LogP) is 2.67. The Bertz CT molecular complexity index is 803. The second kappa shape index (κ2) is 8.23. The number of thiazole rings is 1. The van der Waals surface area contributed by atoms with Crippen LogP contribution in [0.3, 0.4) is 0 Å². The van der Waals surface area contributed by atoms with Crippen LogP contribution in [0.5, 0.6) is 0 Å². The van der Waals surface area contributed by atoms with Crippen molar-refractivity contribution in [3.63, 3.8) is 0 Å². The molecule has 0 aromatic carbocycles. The number of pyridine rings is 1. The topological polar surface area (TPSA) is 75.2 Å². The molecular formula is C19H22N4O2S. The molecule has 1 aliphatic heterocycles. The van der Waals surface area contributed by atoms with Crippen molar-refractivity contribution in [2.24, 2.45) is 5.92 Å². The van der Waals surface area contributed by atoms with E-state index in [0.717, 1.165) is 29.1 Å². The van der Waals surface area contributed by atoms with E-state index in [2.05, 4.69) is 21.9 Å². The minimum atomic E-state index is -0.168. The molecule has 2 aromatic heterocycles. The van der Waals surface area contributed by atoms with Crippen LogP contribution in [-0.4, -0.2) is 46.3 Å². The van der Waals surface area contributed by atoms with Crippen LogP contribution in [0.2, 0.25) is 0 Å². The number of amides is 2. The molecule has 2 aromatic rings. The first-order valence-electron chi connectivity index (χ1n) is 8.66. The van der Waals surface area contributed by atoms with Gasteiger partial charge in [-0.05, 0) is 31.9 Å². The molecule has 1 unspecified atom stereocenters. The summed E-state index contributed by atoms with van der Waals surface area (Å²) in [4.78, 5) is 36.2. The molecule has 6 nitrogen and oxygen atoms in total. The smallest absolute Gasteiger partial charge is 0.265 e. The summed E-state index contributed by atoms with van der Waals surface area (Å²) in [5.74, 6) is -0.227. The van der Waals surface area contributed by atoms with Crippen molar-refractivity contribution in [3.05, 3.63) is 47.8 Å². The normalized spacial score (nSPS) is 17.0. The summed E-state index contributed by atoms with van der Waals surface area (Å²) in [5, 5.41) is 3.61. The fourth-order valence-corrected chi connectivity index (χ4v) is 4.07. The highest BCUT2D eigenvalue weighted by Crippen LogP contribution is 2.29. The Morgan fingerprint density at radius 1 is 1.50 bits per heavy atom. The van der Waals surface area contributed by atoms with E-state index >= 15 is 0 Å². The van der Waals surface area contributed by atoms with Crippen LogP contribution in [0.15, 0.2) is 37.2 Å². The largest absolute Gasteiger partial charge is 0.352 e. The molecule has 0 bridgehead atoms. The molecule has 136 valence electrons. The summed E-state index contributed by atoms with van der Waals surface area (Å²) in [6, 6.07) is 3.78. The van der Waals surface area contributed by atoms with E-state index in [-0.39, 0.29) is 17.7 Å². The van der Waals surface area contributed by atoms with Crippen LogP contribution >= 0.6 is 11.3 Å². The molecule has 1 atom stereocenters. The van der Waals surface area contributed by atoms with Crippen molar-refractivity contribution in [1.82, 2.24) is 20.2 Å². The van der Waals surface area contributed by atoms with Gasteiger partial charge in [0.05, 0.1) is 11.6 Å². The molecule has 0 radical (unpaired) electrons. The van der Waals surface area contributed by atoms with Gasteiger partial charge in [0.25, 0.3) is 5.91 Å². The number of nitrogens with zero attached hydrogens (tertiary/aromatic N) is 3. The zero-order valence-corrected chi connectivity index (χ0v) is 15.6. The lowest BCUT2D eigenvalue weighted by molar-refractivity contribution is -0.126. The fraction of sp³-hybridized carbons (Fsp3) is 0.368. The molecule has 3 rings (SSSR count). The fourth-order valence-electron chi connectivity index (χ4n) is 3.04. The van der Waals surface area contributed by atoms with Gasteiger partial charge in [0.1, 0.15) is 9.88 Å². The van der Waals surface area contributed by atoms with Gasteiger partial charge in [0.15, 0.2) is 0 Å². The van der Waals surface area contributed by atoms with Gasteiger partial charge in [-0.3, -0.25) is 14.6 Å². The maximum Gasteiger partial charge on any atom is 0.265 e. The number of likely N-dealkylation sites (tertiary alicyclic amines) is 1. The van der Waals surface area contributed by atoms with Gasteiger partial charge in [-0.2, -0.15) is 0 Å². The molecule has 1 fully saturated rings. The highest BCUT2D eigenvalue weighted by atomic mass is 32.1. The predicted molar refractivity (Wildman–Crippen MR) is 102 cm³/mol. The van der Waals surface area contributed by atoms with E-state index in [9.17, 15) is 9.59 Å². The van der Waals surface area contributed by atoms with Gasteiger partial charge in [-0.15, -0.1) is 17.9 Å². The number of carbonyl (C=O) groups is 2. The first kappa shape index (κ1) is 18.3. The zero-order valence-electron chi connectivity index (χ0n) is 14.8. The third-order valence-corrected chi connectivity index (χ3v) is 5.59. The Hall–Kier alpha value is -2.54. The standard InChI is InChI=1S/C19H22N4O2S/c1-3-8-21-17(24)15-7-5-10-23(12-15)19(25)16-13(2)22-18(26-16)14-6-4-9-20-11-14/h3-4,6,9,11,15H,1,5,7-8,10,12H2,2H3,(H,21,24). The average molecular weight is 370 g/mol. The van der Waals surface area contributed by atoms with E-state index < -0.39 is 0 Å². The van der Waals surface area contributed by atoms with Crippen molar-refractivity contribution >= 4 is 23.2 Å². The minimum absolute atomic E-state index is 0.0144. The molecular weight excluding hydrogens is 348 g/mol. The minimum Gasteiger partial charge on any atom is -0.352 e. The van der Waals surface area contributed by atoms with Gasteiger partial charge >= 0.3 is 0 Å². The monoisotopic (exact) mass is 370 g/mol. The number of piperidine rings is 1. The number of hydrogen-bond acceptors (Lipinski definition) is 5. The molecule has 7 heteroatoms. The first-order chi connectivity index (χ1) is 12.6. The summed E-state index contributed by atoms with van der Waals surface area (Å²) in [5.41, 5.74) is 1.62. The lowest BCUT2D eigenvalue weighted by Gasteiger charge is -2.31. The highest BCUT2D eigenvalue weighted by molar-refractivity contribution is 7.17. The van der Waals surface area contributed by atoms with Gasteiger partial charge in [0.2, 0.25) is 5.91 Å². The average Bonchev–Trinajstić information content (AvgIpc) is 3.08. The number of carbonyl (C=O) groups excluding carboxylic acids is 2. The van der Waals surface area contributed by atoms with Gasteiger partial charge < -0.3 is 10.2 Å². The third kappa shape index (κ3) is 3.99. The van der Waals surface area contributed by atoms with Crippen molar-refractivity contribution < 1.29 is 9.59 Å². The molecule has 0 aliphatic carbocycles. The van der Waals surface area contributed by atoms with Crippen LogP contribution in [0.1, 0.15) is 28.2 Å². The molecule has 2 amide bonds. The second-order valence-corrected chi connectivity index (χ2v) is 7.30. The summed E-state index contributed by atoms with van der Waals surface area (Å²) < 4.78 is 0. The Balaban J connectivity index is 1.74. The van der Waals surface area contributed by atoms with E-state index in [1.54, 1.807) is 23.4 Å². The summed E-state index contributed by atoms with van der Waals surface area (Å²) in [7, 11) is 0. The van der Waals surface area contributed by atoms with Crippen LogP contribution < -0.4 is 5.32 Å². The second-order valence-electron chi connectivity index (χ2n) is 6.30. The van der Waals surface area contributed by atoms with Crippen molar-refractivity contribution in [2.45, 2.75) is 19.8 Å². The summed E-state index contributed by atoms with van der Waals surface area (Å²) >= 11 is 1.38. The lowest BCUT2D eigenvalue weighted by Crippen LogP contribution is -2.45. The number of nitrogens with one attached hydrogen (secondary N) is 1. The summed E-state index contributed by atoms with van der Waals surface area (Å²) in [6.07, 6.45) is 6.74. The number of rotatable bonds is 5. The number of aromatic nitrogens is 2. The molecule has 3 heterocycles. The van der Waals surface area contributed by atoms with E-state index in [1.165, 1.54) is 11.3 Å². The molecule has 1 aliphatic rings. The molecule has 0 saturated carbocycles. The van der Waals surface area contributed by atoms with E-state index in [4.69, 9.17) is 0 Å². The first-order valence-corrected chi connectivity index (χ1v) is 9.47. The zero-order chi connectivity index (χ0) is 18.5. The van der Waals surface area contributed by atoms with Crippen molar-refractivity contribution in [2.75, 3.05) is 19.6 Å². The van der Waals surface area contributed by atoms with Gasteiger partial charge in [0, 0.05) is 37.6 Å². The third-order valence-electron chi connectivity index (χ3n) is 4.40. The highest BCUT2D eigenvalue weighted by Gasteiger charge is 2.30. The van der Waals surface area contributed by atoms with Crippen LogP contribution in [-0.2, 0) is 4.79 Å².